The highest BCUT2D eigenvalue weighted by atomic mass is 19.3. The van der Waals surface area contributed by atoms with Crippen LogP contribution in [-0.2, 0) is 16.2 Å². The van der Waals surface area contributed by atoms with Crippen LogP contribution in [0.1, 0.15) is 18.9 Å². The number of hydrogen-bond acceptors (Lipinski definition) is 3. The molecule has 0 aliphatic heterocycles. The Morgan fingerprint density at radius 2 is 2.07 bits per heavy atom. The van der Waals surface area contributed by atoms with Crippen molar-refractivity contribution in [1.82, 2.24) is 0 Å². The smallest absolute Gasteiger partial charge is 0.378 e. The SMILES string of the molecule is CC(O)(CCc1ccccc1)C(=O)OF. The number of benzene rings is 1. The second-order valence-corrected chi connectivity index (χ2v) is 3.62. The van der Waals surface area contributed by atoms with Gasteiger partial charge in [-0.15, -0.1) is 0 Å². The van der Waals surface area contributed by atoms with E-state index in [0.29, 0.717) is 6.42 Å². The quantitative estimate of drug-likeness (QED) is 0.827. The van der Waals surface area contributed by atoms with Crippen LogP contribution in [0.5, 0.6) is 0 Å². The van der Waals surface area contributed by atoms with Gasteiger partial charge in [0.25, 0.3) is 0 Å². The third kappa shape index (κ3) is 3.32. The van der Waals surface area contributed by atoms with Crippen molar-refractivity contribution in [1.29, 1.82) is 0 Å². The molecule has 0 bridgehead atoms. The third-order valence-corrected chi connectivity index (χ3v) is 2.25. The van der Waals surface area contributed by atoms with Gasteiger partial charge >= 0.3 is 5.97 Å². The van der Waals surface area contributed by atoms with Crippen LogP contribution in [0.4, 0.5) is 4.53 Å². The van der Waals surface area contributed by atoms with Gasteiger partial charge in [0, 0.05) is 4.53 Å². The largest absolute Gasteiger partial charge is 0.379 e. The summed E-state index contributed by atoms with van der Waals surface area (Å²) >= 11 is 0. The summed E-state index contributed by atoms with van der Waals surface area (Å²) in [6, 6.07) is 9.33. The lowest BCUT2D eigenvalue weighted by molar-refractivity contribution is -0.204. The fourth-order valence-electron chi connectivity index (χ4n) is 1.22. The molecule has 82 valence electrons. The van der Waals surface area contributed by atoms with E-state index in [-0.39, 0.29) is 6.42 Å². The van der Waals surface area contributed by atoms with Crippen LogP contribution in [0.25, 0.3) is 0 Å². The molecule has 0 heterocycles. The normalized spacial score (nSPS) is 14.3. The summed E-state index contributed by atoms with van der Waals surface area (Å²) in [5.74, 6) is -1.25. The van der Waals surface area contributed by atoms with Crippen molar-refractivity contribution in [2.24, 2.45) is 0 Å². The molecule has 0 radical (unpaired) electrons. The Morgan fingerprint density at radius 3 is 2.60 bits per heavy atom. The van der Waals surface area contributed by atoms with E-state index in [1.165, 1.54) is 6.92 Å². The van der Waals surface area contributed by atoms with Gasteiger partial charge in [-0.1, -0.05) is 30.3 Å². The molecule has 0 aliphatic carbocycles. The van der Waals surface area contributed by atoms with E-state index in [4.69, 9.17) is 0 Å². The van der Waals surface area contributed by atoms with Crippen LogP contribution in [0.2, 0.25) is 0 Å². The Hall–Kier alpha value is -1.42. The first-order chi connectivity index (χ1) is 7.06. The monoisotopic (exact) mass is 212 g/mol. The molecule has 1 aromatic rings. The molecule has 1 unspecified atom stereocenters. The van der Waals surface area contributed by atoms with Crippen LogP contribution in [0, 0.1) is 0 Å². The predicted octanol–water partition coefficient (Wildman–Crippen LogP) is 1.80. The van der Waals surface area contributed by atoms with Crippen LogP contribution >= 0.6 is 0 Å². The van der Waals surface area contributed by atoms with Gasteiger partial charge in [-0.05, 0) is 25.3 Å². The average molecular weight is 212 g/mol. The minimum atomic E-state index is -1.77. The summed E-state index contributed by atoms with van der Waals surface area (Å²) in [6.07, 6.45) is 0.614. The number of hydrogen-bond donors (Lipinski definition) is 1. The second kappa shape index (κ2) is 4.89. The molecule has 3 nitrogen and oxygen atoms in total. The first-order valence-corrected chi connectivity index (χ1v) is 4.65. The van der Waals surface area contributed by atoms with Crippen molar-refractivity contribution >= 4 is 5.97 Å². The summed E-state index contributed by atoms with van der Waals surface area (Å²) in [4.78, 5) is 13.8. The predicted molar refractivity (Wildman–Crippen MR) is 52.6 cm³/mol. The number of aliphatic hydroxyl groups is 1. The lowest BCUT2D eigenvalue weighted by atomic mass is 9.97. The van der Waals surface area contributed by atoms with Crippen molar-refractivity contribution in [3.63, 3.8) is 0 Å². The zero-order chi connectivity index (χ0) is 11.3. The van der Waals surface area contributed by atoms with E-state index in [9.17, 15) is 14.4 Å². The van der Waals surface area contributed by atoms with Crippen molar-refractivity contribution in [3.05, 3.63) is 35.9 Å². The molecule has 4 heteroatoms. The molecule has 0 saturated carbocycles. The van der Waals surface area contributed by atoms with Crippen molar-refractivity contribution in [2.75, 3.05) is 0 Å². The molecule has 0 aliphatic rings. The molecule has 1 atom stereocenters. The molecule has 1 rings (SSSR count). The molecule has 0 aromatic heterocycles. The number of halogens is 1. The Balaban J connectivity index is 2.53. The molecule has 0 fully saturated rings. The lowest BCUT2D eigenvalue weighted by Crippen LogP contribution is -2.35. The lowest BCUT2D eigenvalue weighted by Gasteiger charge is -2.17. The maximum Gasteiger partial charge on any atom is 0.379 e. The summed E-state index contributed by atoms with van der Waals surface area (Å²) in [5, 5.41) is 9.53. The number of rotatable bonds is 4. The van der Waals surface area contributed by atoms with Crippen molar-refractivity contribution in [2.45, 2.75) is 25.4 Å². The highest BCUT2D eigenvalue weighted by Crippen LogP contribution is 2.15. The summed E-state index contributed by atoms with van der Waals surface area (Å²) in [7, 11) is 0. The van der Waals surface area contributed by atoms with Gasteiger partial charge in [-0.3, -0.25) is 4.94 Å². The maximum atomic E-state index is 11.6. The van der Waals surface area contributed by atoms with Gasteiger partial charge in [0.1, 0.15) is 0 Å². The maximum absolute atomic E-state index is 11.6. The van der Waals surface area contributed by atoms with Gasteiger partial charge < -0.3 is 5.11 Å². The molecule has 15 heavy (non-hydrogen) atoms. The fraction of sp³-hybridized carbons (Fsp3) is 0.364. The number of carbonyl (C=O) groups excluding carboxylic acids is 1. The first-order valence-electron chi connectivity index (χ1n) is 4.65. The number of carbonyl (C=O) groups is 1. The van der Waals surface area contributed by atoms with Gasteiger partial charge in [0.2, 0.25) is 0 Å². The topological polar surface area (TPSA) is 46.5 Å². The molecular formula is C11H13FO3. The van der Waals surface area contributed by atoms with Gasteiger partial charge in [-0.2, -0.15) is 0 Å². The first kappa shape index (κ1) is 11.7. The van der Waals surface area contributed by atoms with E-state index in [1.807, 2.05) is 30.3 Å². The Kier molecular flexibility index (Phi) is 3.80. The molecular weight excluding hydrogens is 199 g/mol. The van der Waals surface area contributed by atoms with Crippen LogP contribution in [0.15, 0.2) is 30.3 Å². The Labute approximate surface area is 87.4 Å². The third-order valence-electron chi connectivity index (χ3n) is 2.25. The van der Waals surface area contributed by atoms with E-state index >= 15 is 0 Å². The molecule has 0 saturated heterocycles. The fourth-order valence-corrected chi connectivity index (χ4v) is 1.22. The minimum absolute atomic E-state index is 0.125. The molecule has 0 spiro atoms. The van der Waals surface area contributed by atoms with Crippen LogP contribution in [-0.4, -0.2) is 16.7 Å². The van der Waals surface area contributed by atoms with Crippen LogP contribution < -0.4 is 0 Å². The highest BCUT2D eigenvalue weighted by Gasteiger charge is 2.32. The summed E-state index contributed by atoms with van der Waals surface area (Å²) < 4.78 is 11.6. The standard InChI is InChI=1S/C11H13FO3/c1-11(14,10(13)15-12)8-7-9-5-3-2-4-6-9/h2-6,14H,7-8H2,1H3. The second-order valence-electron chi connectivity index (χ2n) is 3.62. The van der Waals surface area contributed by atoms with E-state index in [2.05, 4.69) is 4.94 Å². The van der Waals surface area contributed by atoms with E-state index < -0.39 is 11.6 Å². The Morgan fingerprint density at radius 1 is 1.47 bits per heavy atom. The van der Waals surface area contributed by atoms with Gasteiger partial charge in [0.15, 0.2) is 5.60 Å². The molecule has 1 N–H and O–H groups in total. The Bertz CT molecular complexity index is 322. The van der Waals surface area contributed by atoms with Gasteiger partial charge in [-0.25, -0.2) is 4.79 Å². The van der Waals surface area contributed by atoms with Crippen molar-refractivity contribution < 1.29 is 19.4 Å². The number of aryl methyl sites for hydroxylation is 1. The van der Waals surface area contributed by atoms with Crippen LogP contribution in [0.3, 0.4) is 0 Å². The van der Waals surface area contributed by atoms with Gasteiger partial charge in [0.05, 0.1) is 0 Å². The van der Waals surface area contributed by atoms with E-state index in [1.54, 1.807) is 0 Å². The average Bonchev–Trinajstić information content (AvgIpc) is 2.27. The highest BCUT2D eigenvalue weighted by molar-refractivity contribution is 5.78. The van der Waals surface area contributed by atoms with Crippen molar-refractivity contribution in [3.8, 4) is 0 Å². The zero-order valence-corrected chi connectivity index (χ0v) is 8.44. The summed E-state index contributed by atoms with van der Waals surface area (Å²) in [6.45, 7) is 1.23. The molecule has 0 amide bonds. The summed E-state index contributed by atoms with van der Waals surface area (Å²) in [5.41, 5.74) is -0.797. The molecule has 1 aromatic carbocycles. The zero-order valence-electron chi connectivity index (χ0n) is 8.44. The van der Waals surface area contributed by atoms with E-state index in [0.717, 1.165) is 5.56 Å². The minimum Gasteiger partial charge on any atom is -0.378 e.